The van der Waals surface area contributed by atoms with Crippen LogP contribution in [0, 0.1) is 0 Å². The Kier molecular flexibility index (Phi) is 7.22. The fourth-order valence-corrected chi connectivity index (χ4v) is 3.35. The SMILES string of the molecule is CC(=NO)c1ccc(OCc2ccccc2)c(CCCc2ccccc2C(=O)O)c1. The number of ether oxygens (including phenoxy) is 1. The first-order chi connectivity index (χ1) is 14.6. The number of carboxylic acids is 1. The minimum absolute atomic E-state index is 0.343. The average molecular weight is 403 g/mol. The number of carboxylic acid groups (broad SMARTS) is 1. The van der Waals surface area contributed by atoms with Crippen LogP contribution in [0.5, 0.6) is 5.75 Å². The van der Waals surface area contributed by atoms with Crippen molar-refractivity contribution in [2.24, 2.45) is 5.16 Å². The molecule has 0 aliphatic carbocycles. The summed E-state index contributed by atoms with van der Waals surface area (Å²) in [5, 5.41) is 21.8. The molecule has 154 valence electrons. The van der Waals surface area contributed by atoms with E-state index in [-0.39, 0.29) is 0 Å². The number of carbonyl (C=O) groups is 1. The highest BCUT2D eigenvalue weighted by molar-refractivity contribution is 5.98. The lowest BCUT2D eigenvalue weighted by molar-refractivity contribution is 0.0695. The maximum Gasteiger partial charge on any atom is 0.335 e. The molecular formula is C25H25NO4. The van der Waals surface area contributed by atoms with Gasteiger partial charge >= 0.3 is 5.97 Å². The summed E-state index contributed by atoms with van der Waals surface area (Å²) in [7, 11) is 0. The summed E-state index contributed by atoms with van der Waals surface area (Å²) < 4.78 is 6.06. The molecule has 0 aliphatic heterocycles. The third kappa shape index (κ3) is 5.47. The number of benzene rings is 3. The van der Waals surface area contributed by atoms with Crippen molar-refractivity contribution in [2.75, 3.05) is 0 Å². The molecule has 0 radical (unpaired) electrons. The van der Waals surface area contributed by atoms with Gasteiger partial charge in [0.05, 0.1) is 11.3 Å². The van der Waals surface area contributed by atoms with E-state index >= 15 is 0 Å². The Hall–Kier alpha value is -3.60. The van der Waals surface area contributed by atoms with Gasteiger partial charge in [0.2, 0.25) is 0 Å². The van der Waals surface area contributed by atoms with Crippen LogP contribution >= 0.6 is 0 Å². The van der Waals surface area contributed by atoms with E-state index in [9.17, 15) is 9.90 Å². The monoisotopic (exact) mass is 403 g/mol. The molecular weight excluding hydrogens is 378 g/mol. The van der Waals surface area contributed by atoms with Crippen molar-refractivity contribution >= 4 is 11.7 Å². The van der Waals surface area contributed by atoms with E-state index in [1.165, 1.54) is 0 Å². The van der Waals surface area contributed by atoms with Crippen molar-refractivity contribution in [3.05, 3.63) is 101 Å². The average Bonchev–Trinajstić information content (AvgIpc) is 2.78. The predicted molar refractivity (Wildman–Crippen MR) is 117 cm³/mol. The van der Waals surface area contributed by atoms with E-state index in [1.54, 1.807) is 19.1 Å². The number of rotatable bonds is 9. The summed E-state index contributed by atoms with van der Waals surface area (Å²) in [5.41, 5.74) is 4.60. The Morgan fingerprint density at radius 3 is 2.37 bits per heavy atom. The van der Waals surface area contributed by atoms with Crippen molar-refractivity contribution in [3.63, 3.8) is 0 Å². The highest BCUT2D eigenvalue weighted by Gasteiger charge is 2.11. The second kappa shape index (κ2) is 10.3. The van der Waals surface area contributed by atoms with Crippen molar-refractivity contribution in [1.82, 2.24) is 0 Å². The van der Waals surface area contributed by atoms with Gasteiger partial charge in [-0.15, -0.1) is 0 Å². The van der Waals surface area contributed by atoms with E-state index in [1.807, 2.05) is 60.7 Å². The lowest BCUT2D eigenvalue weighted by Crippen LogP contribution is -2.04. The van der Waals surface area contributed by atoms with E-state index in [2.05, 4.69) is 5.16 Å². The van der Waals surface area contributed by atoms with E-state index in [0.29, 0.717) is 30.7 Å². The van der Waals surface area contributed by atoms with Gasteiger partial charge in [-0.05, 0) is 72.7 Å². The quantitative estimate of drug-likeness (QED) is 0.287. The third-order valence-corrected chi connectivity index (χ3v) is 5.01. The largest absolute Gasteiger partial charge is 0.489 e. The second-order valence-corrected chi connectivity index (χ2v) is 7.10. The molecule has 30 heavy (non-hydrogen) atoms. The number of oxime groups is 1. The predicted octanol–water partition coefficient (Wildman–Crippen LogP) is 5.34. The van der Waals surface area contributed by atoms with Gasteiger partial charge in [0.25, 0.3) is 0 Å². The Labute approximate surface area is 176 Å². The van der Waals surface area contributed by atoms with E-state index in [4.69, 9.17) is 9.94 Å². The zero-order valence-electron chi connectivity index (χ0n) is 16.9. The van der Waals surface area contributed by atoms with Gasteiger partial charge in [0.15, 0.2) is 0 Å². The summed E-state index contributed by atoms with van der Waals surface area (Å²) >= 11 is 0. The molecule has 0 aromatic heterocycles. The molecule has 0 bridgehead atoms. The number of aryl methyl sites for hydroxylation is 2. The topological polar surface area (TPSA) is 79.1 Å². The third-order valence-electron chi connectivity index (χ3n) is 5.01. The molecule has 3 aromatic carbocycles. The molecule has 0 saturated heterocycles. The Morgan fingerprint density at radius 2 is 1.63 bits per heavy atom. The molecule has 0 amide bonds. The van der Waals surface area contributed by atoms with Gasteiger partial charge < -0.3 is 15.1 Å². The van der Waals surface area contributed by atoms with Crippen LogP contribution in [0.25, 0.3) is 0 Å². The van der Waals surface area contributed by atoms with Crippen molar-refractivity contribution in [1.29, 1.82) is 0 Å². The van der Waals surface area contributed by atoms with Crippen LogP contribution in [-0.2, 0) is 19.4 Å². The Balaban J connectivity index is 1.76. The van der Waals surface area contributed by atoms with Crippen LogP contribution in [-0.4, -0.2) is 22.0 Å². The zero-order valence-corrected chi connectivity index (χ0v) is 16.9. The molecule has 0 aliphatic rings. The molecule has 3 rings (SSSR count). The molecule has 0 heterocycles. The first-order valence-electron chi connectivity index (χ1n) is 9.88. The summed E-state index contributed by atoms with van der Waals surface area (Å²) in [6, 6.07) is 22.8. The molecule has 0 saturated carbocycles. The van der Waals surface area contributed by atoms with E-state index < -0.39 is 5.97 Å². The molecule has 2 N–H and O–H groups in total. The number of hydrogen-bond acceptors (Lipinski definition) is 4. The summed E-state index contributed by atoms with van der Waals surface area (Å²) in [6.07, 6.45) is 2.13. The fraction of sp³-hybridized carbons (Fsp3) is 0.200. The zero-order chi connectivity index (χ0) is 21.3. The summed E-state index contributed by atoms with van der Waals surface area (Å²) in [6.45, 7) is 2.20. The standard InChI is InChI=1S/C25H25NO4/c1-18(26-29)21-14-15-24(30-17-19-8-3-2-4-9-19)22(16-21)12-7-11-20-10-5-6-13-23(20)25(27)28/h2-6,8-10,13-16,29H,7,11-12,17H2,1H3,(H,27,28). The molecule has 0 spiro atoms. The Morgan fingerprint density at radius 1 is 0.933 bits per heavy atom. The van der Waals surface area contributed by atoms with Crippen LogP contribution in [0.15, 0.2) is 78.0 Å². The second-order valence-electron chi connectivity index (χ2n) is 7.10. The van der Waals surface area contributed by atoms with E-state index in [0.717, 1.165) is 34.4 Å². The normalized spacial score (nSPS) is 11.3. The van der Waals surface area contributed by atoms with Gasteiger partial charge in [-0.1, -0.05) is 53.7 Å². The van der Waals surface area contributed by atoms with Gasteiger partial charge in [0, 0.05) is 0 Å². The van der Waals surface area contributed by atoms with Crippen LogP contribution in [0.4, 0.5) is 0 Å². The first kappa shape index (κ1) is 21.1. The minimum atomic E-state index is -0.908. The van der Waals surface area contributed by atoms with Crippen LogP contribution < -0.4 is 4.74 Å². The minimum Gasteiger partial charge on any atom is -0.489 e. The van der Waals surface area contributed by atoms with Gasteiger partial charge in [-0.3, -0.25) is 0 Å². The fourth-order valence-electron chi connectivity index (χ4n) is 3.35. The van der Waals surface area contributed by atoms with Gasteiger partial charge in [0.1, 0.15) is 12.4 Å². The number of hydrogen-bond donors (Lipinski definition) is 2. The Bertz CT molecular complexity index is 1030. The maximum atomic E-state index is 11.4. The van der Waals surface area contributed by atoms with Crippen molar-refractivity contribution in [2.45, 2.75) is 32.8 Å². The lowest BCUT2D eigenvalue weighted by atomic mass is 9.98. The lowest BCUT2D eigenvalue weighted by Gasteiger charge is -2.14. The van der Waals surface area contributed by atoms with Crippen molar-refractivity contribution in [3.8, 4) is 5.75 Å². The molecule has 5 nitrogen and oxygen atoms in total. The van der Waals surface area contributed by atoms with Gasteiger partial charge in [-0.2, -0.15) is 0 Å². The molecule has 0 fully saturated rings. The van der Waals surface area contributed by atoms with Crippen LogP contribution in [0.1, 0.15) is 46.0 Å². The van der Waals surface area contributed by atoms with Crippen molar-refractivity contribution < 1.29 is 19.8 Å². The summed E-state index contributed by atoms with van der Waals surface area (Å²) in [5.74, 6) is -0.130. The van der Waals surface area contributed by atoms with Crippen LogP contribution in [0.3, 0.4) is 0 Å². The highest BCUT2D eigenvalue weighted by atomic mass is 16.5. The molecule has 0 atom stereocenters. The molecule has 0 unspecified atom stereocenters. The maximum absolute atomic E-state index is 11.4. The van der Waals surface area contributed by atoms with Gasteiger partial charge in [-0.25, -0.2) is 4.79 Å². The summed E-state index contributed by atoms with van der Waals surface area (Å²) in [4.78, 5) is 11.4. The smallest absolute Gasteiger partial charge is 0.335 e. The number of aromatic carboxylic acids is 1. The first-order valence-corrected chi connectivity index (χ1v) is 9.88. The molecule has 5 heteroatoms. The highest BCUT2D eigenvalue weighted by Crippen LogP contribution is 2.24. The van der Waals surface area contributed by atoms with Crippen LogP contribution in [0.2, 0.25) is 0 Å². The number of nitrogens with zero attached hydrogens (tertiary/aromatic N) is 1. The molecule has 3 aromatic rings.